The lowest BCUT2D eigenvalue weighted by molar-refractivity contribution is -0.133. The van der Waals surface area contributed by atoms with Gasteiger partial charge in [-0.3, -0.25) is 0 Å². The molecule has 0 spiro atoms. The Hall–Kier alpha value is -1.76. The highest BCUT2D eigenvalue weighted by Gasteiger charge is 2.27. The summed E-state index contributed by atoms with van der Waals surface area (Å²) in [7, 11) is 1.42. The Labute approximate surface area is 91.9 Å². The van der Waals surface area contributed by atoms with Crippen LogP contribution in [0, 0.1) is 0 Å². The molecule has 0 atom stereocenters. The number of ether oxygens (including phenoxy) is 2. The van der Waals surface area contributed by atoms with Crippen molar-refractivity contribution < 1.29 is 29.3 Å². The summed E-state index contributed by atoms with van der Waals surface area (Å²) in [6, 6.07) is 0. The number of carboxylic acid groups (broad SMARTS) is 2. The maximum atomic E-state index is 10.9. The van der Waals surface area contributed by atoms with E-state index in [1.165, 1.54) is 7.11 Å². The number of aliphatic carboxylic acids is 1. The van der Waals surface area contributed by atoms with Crippen LogP contribution >= 0.6 is 0 Å². The van der Waals surface area contributed by atoms with Crippen molar-refractivity contribution >= 4 is 12.1 Å². The van der Waals surface area contributed by atoms with Crippen LogP contribution in [0.25, 0.3) is 0 Å². The Kier molecular flexibility index (Phi) is 4.12. The minimum absolute atomic E-state index is 0.0364. The predicted octanol–water partition coefficient (Wildman–Crippen LogP) is 0.329. The second kappa shape index (κ2) is 5.36. The standard InChI is InChI=1S/C9H13NO6/c1-15-5-16-7-2-3-10(9(13)14)4-6(7)8(11)12/h2-5H2,1H3,(H,11,12)(H,13,14). The monoisotopic (exact) mass is 231 g/mol. The Morgan fingerprint density at radius 1 is 1.44 bits per heavy atom. The fraction of sp³-hybridized carbons (Fsp3) is 0.556. The van der Waals surface area contributed by atoms with Crippen molar-refractivity contribution in [1.82, 2.24) is 4.90 Å². The molecule has 2 N–H and O–H groups in total. The Morgan fingerprint density at radius 3 is 2.62 bits per heavy atom. The Bertz CT molecular complexity index is 324. The molecule has 0 saturated heterocycles. The number of rotatable bonds is 4. The van der Waals surface area contributed by atoms with Gasteiger partial charge in [-0.25, -0.2) is 9.59 Å². The van der Waals surface area contributed by atoms with E-state index in [0.29, 0.717) is 0 Å². The first-order chi connectivity index (χ1) is 7.56. The molecule has 0 aliphatic carbocycles. The van der Waals surface area contributed by atoms with Crippen LogP contribution in [0.4, 0.5) is 4.79 Å². The average Bonchev–Trinajstić information content (AvgIpc) is 2.25. The number of hydrogen-bond donors (Lipinski definition) is 2. The molecule has 1 aliphatic heterocycles. The summed E-state index contributed by atoms with van der Waals surface area (Å²) in [6.45, 7) is 0.0219. The van der Waals surface area contributed by atoms with E-state index in [1.807, 2.05) is 0 Å². The molecule has 1 rings (SSSR count). The molecule has 0 unspecified atom stereocenters. The smallest absolute Gasteiger partial charge is 0.407 e. The van der Waals surface area contributed by atoms with E-state index in [1.54, 1.807) is 0 Å². The highest BCUT2D eigenvalue weighted by molar-refractivity contribution is 5.88. The van der Waals surface area contributed by atoms with Crippen LogP contribution in [-0.4, -0.2) is 54.2 Å². The van der Waals surface area contributed by atoms with Gasteiger partial charge in [0, 0.05) is 20.1 Å². The first-order valence-corrected chi connectivity index (χ1v) is 4.61. The zero-order valence-corrected chi connectivity index (χ0v) is 8.80. The van der Waals surface area contributed by atoms with Crippen molar-refractivity contribution in [2.45, 2.75) is 6.42 Å². The van der Waals surface area contributed by atoms with Gasteiger partial charge in [0.1, 0.15) is 5.76 Å². The van der Waals surface area contributed by atoms with E-state index in [2.05, 4.69) is 4.74 Å². The van der Waals surface area contributed by atoms with Crippen LogP contribution in [0.3, 0.4) is 0 Å². The molecule has 0 fully saturated rings. The predicted molar refractivity (Wildman–Crippen MR) is 51.8 cm³/mol. The molecular formula is C9H13NO6. The van der Waals surface area contributed by atoms with Crippen LogP contribution in [0.2, 0.25) is 0 Å². The molecule has 0 saturated carbocycles. The van der Waals surface area contributed by atoms with E-state index in [9.17, 15) is 9.59 Å². The number of nitrogens with zero attached hydrogens (tertiary/aromatic N) is 1. The van der Waals surface area contributed by atoms with Crippen molar-refractivity contribution in [3.8, 4) is 0 Å². The van der Waals surface area contributed by atoms with Gasteiger partial charge in [0.15, 0.2) is 6.79 Å². The maximum Gasteiger partial charge on any atom is 0.407 e. The van der Waals surface area contributed by atoms with Crippen LogP contribution in [0.15, 0.2) is 11.3 Å². The molecule has 16 heavy (non-hydrogen) atoms. The molecule has 1 aliphatic rings. The second-order valence-electron chi connectivity index (χ2n) is 3.21. The maximum absolute atomic E-state index is 10.9. The van der Waals surface area contributed by atoms with Gasteiger partial charge in [0.25, 0.3) is 0 Å². The summed E-state index contributed by atoms with van der Waals surface area (Å²) < 4.78 is 9.76. The van der Waals surface area contributed by atoms with Gasteiger partial charge in [-0.2, -0.15) is 0 Å². The van der Waals surface area contributed by atoms with E-state index in [-0.39, 0.29) is 37.6 Å². The molecule has 0 bridgehead atoms. The van der Waals surface area contributed by atoms with E-state index >= 15 is 0 Å². The fourth-order valence-electron chi connectivity index (χ4n) is 1.38. The summed E-state index contributed by atoms with van der Waals surface area (Å²) in [5, 5.41) is 17.7. The molecule has 1 heterocycles. The van der Waals surface area contributed by atoms with Crippen molar-refractivity contribution in [2.75, 3.05) is 27.0 Å². The molecule has 0 aromatic rings. The summed E-state index contributed by atoms with van der Waals surface area (Å²) in [6.07, 6.45) is -0.887. The van der Waals surface area contributed by atoms with Crippen LogP contribution in [-0.2, 0) is 14.3 Å². The number of amides is 1. The third kappa shape index (κ3) is 2.86. The average molecular weight is 231 g/mol. The molecule has 0 aromatic carbocycles. The van der Waals surface area contributed by atoms with E-state index in [0.717, 1.165) is 4.90 Å². The summed E-state index contributed by atoms with van der Waals surface area (Å²) in [4.78, 5) is 22.6. The van der Waals surface area contributed by atoms with E-state index in [4.69, 9.17) is 14.9 Å². The van der Waals surface area contributed by atoms with Gasteiger partial charge in [0.2, 0.25) is 0 Å². The third-order valence-corrected chi connectivity index (χ3v) is 2.17. The molecule has 90 valence electrons. The van der Waals surface area contributed by atoms with Gasteiger partial charge in [-0.05, 0) is 0 Å². The first kappa shape index (κ1) is 12.3. The highest BCUT2D eigenvalue weighted by atomic mass is 16.7. The Morgan fingerprint density at radius 2 is 2.12 bits per heavy atom. The highest BCUT2D eigenvalue weighted by Crippen LogP contribution is 2.19. The number of carbonyl (C=O) groups is 2. The molecular weight excluding hydrogens is 218 g/mol. The Balaban J connectivity index is 2.79. The largest absolute Gasteiger partial charge is 0.478 e. The van der Waals surface area contributed by atoms with Gasteiger partial charge in [0.05, 0.1) is 12.1 Å². The summed E-state index contributed by atoms with van der Waals surface area (Å²) in [5.41, 5.74) is -0.0364. The van der Waals surface area contributed by atoms with Crippen molar-refractivity contribution in [3.63, 3.8) is 0 Å². The zero-order valence-electron chi connectivity index (χ0n) is 8.80. The summed E-state index contributed by atoms with van der Waals surface area (Å²) in [5.74, 6) is -0.885. The van der Waals surface area contributed by atoms with Crippen molar-refractivity contribution in [3.05, 3.63) is 11.3 Å². The number of hydrogen-bond acceptors (Lipinski definition) is 4. The minimum atomic E-state index is -1.17. The SMILES string of the molecule is COCOC1=C(C(=O)O)CN(C(=O)O)CC1. The molecule has 0 aromatic heterocycles. The lowest BCUT2D eigenvalue weighted by Gasteiger charge is -2.26. The number of methoxy groups -OCH3 is 1. The normalized spacial score (nSPS) is 16.2. The van der Waals surface area contributed by atoms with Gasteiger partial charge in [-0.1, -0.05) is 0 Å². The summed E-state index contributed by atoms with van der Waals surface area (Å²) >= 11 is 0. The quantitative estimate of drug-likeness (QED) is 0.677. The van der Waals surface area contributed by atoms with Gasteiger partial charge >= 0.3 is 12.1 Å². The van der Waals surface area contributed by atoms with Crippen LogP contribution in [0.1, 0.15) is 6.42 Å². The fourth-order valence-corrected chi connectivity index (χ4v) is 1.38. The topological polar surface area (TPSA) is 96.3 Å². The molecule has 7 heteroatoms. The zero-order chi connectivity index (χ0) is 12.1. The van der Waals surface area contributed by atoms with Gasteiger partial charge in [-0.15, -0.1) is 0 Å². The second-order valence-corrected chi connectivity index (χ2v) is 3.21. The lowest BCUT2D eigenvalue weighted by atomic mass is 10.1. The first-order valence-electron chi connectivity index (χ1n) is 4.61. The van der Waals surface area contributed by atoms with Gasteiger partial charge < -0.3 is 24.6 Å². The number of carboxylic acids is 1. The molecule has 7 nitrogen and oxygen atoms in total. The van der Waals surface area contributed by atoms with Crippen LogP contribution < -0.4 is 0 Å². The third-order valence-electron chi connectivity index (χ3n) is 2.17. The molecule has 1 amide bonds. The van der Waals surface area contributed by atoms with Crippen LogP contribution in [0.5, 0.6) is 0 Å². The van der Waals surface area contributed by atoms with Crippen molar-refractivity contribution in [1.29, 1.82) is 0 Å². The van der Waals surface area contributed by atoms with Crippen molar-refractivity contribution in [2.24, 2.45) is 0 Å². The lowest BCUT2D eigenvalue weighted by Crippen LogP contribution is -2.38. The van der Waals surface area contributed by atoms with E-state index < -0.39 is 12.1 Å². The molecule has 0 radical (unpaired) electrons. The minimum Gasteiger partial charge on any atom is -0.478 e.